The molecule has 4 rings (SSSR count). The summed E-state index contributed by atoms with van der Waals surface area (Å²) >= 11 is 1.39. The number of aromatic nitrogens is 3. The number of ether oxygens (including phenoxy) is 1. The lowest BCUT2D eigenvalue weighted by molar-refractivity contribution is 0.207. The van der Waals surface area contributed by atoms with E-state index in [-0.39, 0.29) is 5.82 Å². The second kappa shape index (κ2) is 8.85. The van der Waals surface area contributed by atoms with Gasteiger partial charge in [0.2, 0.25) is 4.80 Å². The van der Waals surface area contributed by atoms with Gasteiger partial charge in [-0.1, -0.05) is 24.3 Å². The monoisotopic (exact) mass is 407 g/mol. The molecule has 4 aromatic rings. The molecule has 0 N–H and O–H groups in total. The maximum Gasteiger partial charge on any atom is 0.206 e. The Kier molecular flexibility index (Phi) is 5.83. The summed E-state index contributed by atoms with van der Waals surface area (Å²) in [5.74, 6) is -0.316. The van der Waals surface area contributed by atoms with Crippen molar-refractivity contribution in [2.75, 3.05) is 20.3 Å². The largest absolute Gasteiger partial charge is 0.383 e. The van der Waals surface area contributed by atoms with Gasteiger partial charge in [-0.2, -0.15) is 5.10 Å². The molecule has 2 aromatic carbocycles. The Balaban J connectivity index is 1.77. The minimum absolute atomic E-state index is 0.316. The second-order valence-electron chi connectivity index (χ2n) is 6.10. The lowest BCUT2D eigenvalue weighted by Gasteiger charge is -2.05. The maximum atomic E-state index is 14.4. The Labute approximate surface area is 170 Å². The average Bonchev–Trinajstić information content (AvgIpc) is 3.15. The third-order valence-electron chi connectivity index (χ3n) is 4.15. The number of benzene rings is 2. The average molecular weight is 407 g/mol. The lowest BCUT2D eigenvalue weighted by Crippen LogP contribution is -2.14. The van der Waals surface area contributed by atoms with Gasteiger partial charge in [-0.3, -0.25) is 9.98 Å². The summed E-state index contributed by atoms with van der Waals surface area (Å²) in [6.07, 6.45) is 3.26. The summed E-state index contributed by atoms with van der Waals surface area (Å²) in [6, 6.07) is 14.2. The number of fused-ring (bicyclic) bond motifs is 1. The summed E-state index contributed by atoms with van der Waals surface area (Å²) < 4.78 is 21.1. The molecule has 0 fully saturated rings. The van der Waals surface area contributed by atoms with E-state index >= 15 is 0 Å². The summed E-state index contributed by atoms with van der Waals surface area (Å²) in [5.41, 5.74) is 3.28. The third kappa shape index (κ3) is 4.28. The number of hydrogen-bond acceptors (Lipinski definition) is 6. The van der Waals surface area contributed by atoms with Crippen LogP contribution in [0, 0.1) is 5.82 Å². The van der Waals surface area contributed by atoms with Crippen molar-refractivity contribution in [2.45, 2.75) is 0 Å². The minimum Gasteiger partial charge on any atom is -0.383 e. The van der Waals surface area contributed by atoms with E-state index in [4.69, 9.17) is 4.74 Å². The topological polar surface area (TPSA) is 64.7 Å². The highest BCUT2D eigenvalue weighted by molar-refractivity contribution is 7.07. The van der Waals surface area contributed by atoms with Gasteiger partial charge in [0.05, 0.1) is 42.3 Å². The number of halogens is 1. The summed E-state index contributed by atoms with van der Waals surface area (Å²) in [6.45, 7) is 0.978. The van der Waals surface area contributed by atoms with Gasteiger partial charge in [-0.05, 0) is 24.3 Å². The van der Waals surface area contributed by atoms with Crippen LogP contribution in [0.4, 0.5) is 4.39 Å². The van der Waals surface area contributed by atoms with Crippen LogP contribution in [0.5, 0.6) is 0 Å². The van der Waals surface area contributed by atoms with Crippen LogP contribution >= 0.6 is 11.3 Å². The van der Waals surface area contributed by atoms with Crippen LogP contribution in [-0.4, -0.2) is 41.1 Å². The van der Waals surface area contributed by atoms with E-state index in [9.17, 15) is 4.39 Å². The third-order valence-corrected chi connectivity index (χ3v) is 5.00. The highest BCUT2D eigenvalue weighted by Crippen LogP contribution is 2.23. The fraction of sp³-hybridized carbons (Fsp3) is 0.143. The van der Waals surface area contributed by atoms with Gasteiger partial charge in [0.1, 0.15) is 11.5 Å². The number of rotatable bonds is 6. The maximum absolute atomic E-state index is 14.4. The molecule has 0 amide bonds. The quantitative estimate of drug-likeness (QED) is 0.361. The molecule has 0 radical (unpaired) electrons. The molecule has 0 unspecified atom stereocenters. The Morgan fingerprint density at radius 3 is 2.76 bits per heavy atom. The zero-order valence-corrected chi connectivity index (χ0v) is 16.5. The first-order valence-electron chi connectivity index (χ1n) is 8.97. The van der Waals surface area contributed by atoms with Crippen molar-refractivity contribution >= 4 is 28.6 Å². The van der Waals surface area contributed by atoms with Crippen LogP contribution in [0.15, 0.2) is 70.2 Å². The first-order chi connectivity index (χ1) is 14.3. The summed E-state index contributed by atoms with van der Waals surface area (Å²) in [5, 5.41) is 6.38. The van der Waals surface area contributed by atoms with Gasteiger partial charge >= 0.3 is 0 Å². The van der Waals surface area contributed by atoms with Crippen LogP contribution in [0.3, 0.4) is 0 Å². The normalized spacial score (nSPS) is 12.3. The molecular weight excluding hydrogens is 389 g/mol. The van der Waals surface area contributed by atoms with Gasteiger partial charge < -0.3 is 4.74 Å². The second-order valence-corrected chi connectivity index (χ2v) is 6.93. The lowest BCUT2D eigenvalue weighted by atomic mass is 10.1. The van der Waals surface area contributed by atoms with E-state index in [1.54, 1.807) is 42.4 Å². The van der Waals surface area contributed by atoms with Gasteiger partial charge in [-0.25, -0.2) is 14.1 Å². The Hall–Kier alpha value is -3.23. The van der Waals surface area contributed by atoms with Crippen LogP contribution in [0.1, 0.15) is 5.69 Å². The zero-order chi connectivity index (χ0) is 20.1. The van der Waals surface area contributed by atoms with Gasteiger partial charge in [0.15, 0.2) is 0 Å². The molecular formula is C21H18FN5OS. The molecule has 0 spiro atoms. The molecule has 8 heteroatoms. The highest BCUT2D eigenvalue weighted by atomic mass is 32.1. The van der Waals surface area contributed by atoms with Crippen molar-refractivity contribution in [3.8, 4) is 11.3 Å². The Morgan fingerprint density at radius 2 is 1.93 bits per heavy atom. The molecule has 0 aliphatic carbocycles. The van der Waals surface area contributed by atoms with Crippen LogP contribution in [-0.2, 0) is 4.74 Å². The number of para-hydroxylation sites is 2. The number of thiazole rings is 1. The summed E-state index contributed by atoms with van der Waals surface area (Å²) in [4.78, 5) is 14.1. The first kappa shape index (κ1) is 19.1. The number of nitrogens with zero attached hydrogens (tertiary/aromatic N) is 5. The smallest absolute Gasteiger partial charge is 0.206 e. The fourth-order valence-electron chi connectivity index (χ4n) is 2.76. The van der Waals surface area contributed by atoms with Crippen molar-refractivity contribution in [1.29, 1.82) is 0 Å². The van der Waals surface area contributed by atoms with E-state index in [0.29, 0.717) is 34.9 Å². The van der Waals surface area contributed by atoms with E-state index in [0.717, 1.165) is 11.0 Å². The number of methoxy groups -OCH3 is 1. The van der Waals surface area contributed by atoms with E-state index in [1.807, 2.05) is 29.6 Å². The van der Waals surface area contributed by atoms with Crippen LogP contribution in [0.2, 0.25) is 0 Å². The van der Waals surface area contributed by atoms with Crippen molar-refractivity contribution in [1.82, 2.24) is 14.6 Å². The number of hydrogen-bond donors (Lipinski definition) is 0. The van der Waals surface area contributed by atoms with Crippen LogP contribution in [0.25, 0.3) is 22.3 Å². The minimum atomic E-state index is -0.316. The Bertz CT molecular complexity index is 1230. The molecule has 29 heavy (non-hydrogen) atoms. The SMILES string of the molecule is COCCN=c1scc(-c2ccccc2F)n1/N=C\c1cnc2ccccc2n1. The van der Waals surface area contributed by atoms with E-state index in [2.05, 4.69) is 20.1 Å². The van der Waals surface area contributed by atoms with Gasteiger partial charge in [0, 0.05) is 18.1 Å². The van der Waals surface area contributed by atoms with Gasteiger partial charge in [0.25, 0.3) is 0 Å². The van der Waals surface area contributed by atoms with Crippen molar-refractivity contribution in [3.63, 3.8) is 0 Å². The van der Waals surface area contributed by atoms with Crippen molar-refractivity contribution in [3.05, 3.63) is 76.4 Å². The van der Waals surface area contributed by atoms with Crippen molar-refractivity contribution in [2.24, 2.45) is 10.1 Å². The molecule has 0 saturated heterocycles. The van der Waals surface area contributed by atoms with Crippen molar-refractivity contribution < 1.29 is 9.13 Å². The van der Waals surface area contributed by atoms with Crippen LogP contribution < -0.4 is 4.80 Å². The molecule has 2 aromatic heterocycles. The molecule has 0 saturated carbocycles. The summed E-state index contributed by atoms with van der Waals surface area (Å²) in [7, 11) is 1.62. The fourth-order valence-corrected chi connectivity index (χ4v) is 3.61. The molecule has 0 aliphatic rings. The van der Waals surface area contributed by atoms with E-state index in [1.165, 1.54) is 17.4 Å². The first-order valence-corrected chi connectivity index (χ1v) is 9.85. The molecule has 0 bridgehead atoms. The van der Waals surface area contributed by atoms with E-state index < -0.39 is 0 Å². The predicted octanol–water partition coefficient (Wildman–Crippen LogP) is 3.73. The molecule has 146 valence electrons. The van der Waals surface area contributed by atoms with Gasteiger partial charge in [-0.15, -0.1) is 11.3 Å². The molecule has 0 aliphatic heterocycles. The Morgan fingerprint density at radius 1 is 1.14 bits per heavy atom. The molecule has 2 heterocycles. The highest BCUT2D eigenvalue weighted by Gasteiger charge is 2.11. The predicted molar refractivity (Wildman–Crippen MR) is 113 cm³/mol. The molecule has 0 atom stereocenters. The molecule has 6 nitrogen and oxygen atoms in total. The zero-order valence-electron chi connectivity index (χ0n) is 15.7. The standard InChI is InChI=1S/C21H18FN5OS/c1-28-11-10-23-21-27(20(14-29-21)16-6-2-3-7-17(16)22)25-13-15-12-24-18-8-4-5-9-19(18)26-15/h2-9,12-14H,10-11H2,1H3/b23-21?,25-13-.